The Morgan fingerprint density at radius 2 is 0.865 bits per heavy atom. The minimum absolute atomic E-state index is 0.226. The van der Waals surface area contributed by atoms with Crippen molar-refractivity contribution in [2.75, 3.05) is 26.4 Å². The number of nitrogens with one attached hydrogen (secondary N) is 2. The van der Waals surface area contributed by atoms with Crippen LogP contribution in [0.1, 0.15) is 380 Å². The van der Waals surface area contributed by atoms with Gasteiger partial charge in [0.05, 0.1) is 50.7 Å². The molecule has 0 aliphatic carbocycles. The number of hydrogen-bond acceptors (Lipinski definition) is 20. The fourth-order valence-corrected chi connectivity index (χ4v) is 15.8. The molecule has 18 unspecified atom stereocenters. The second-order valence-electron chi connectivity index (χ2n) is 32.8. The molecule has 2 amide bonds. The molecule has 3 aliphatic heterocycles. The highest BCUT2D eigenvalue weighted by atomic mass is 16.8. The highest BCUT2D eigenvalue weighted by Crippen LogP contribution is 2.39. The number of amides is 2. The van der Waals surface area contributed by atoms with Crippen molar-refractivity contribution < 1.29 is 104 Å². The molecule has 18 atom stereocenters. The first-order valence-electron chi connectivity index (χ1n) is 45.2. The zero-order chi connectivity index (χ0) is 81.0. The highest BCUT2D eigenvalue weighted by molar-refractivity contribution is 5.77. The maximum atomic E-state index is 13.6. The lowest BCUT2D eigenvalue weighted by Crippen LogP contribution is -2.70. The van der Waals surface area contributed by atoms with Gasteiger partial charge in [-0.05, 0) is 44.9 Å². The summed E-state index contributed by atoms with van der Waals surface area (Å²) < 4.78 is 35.0. The van der Waals surface area contributed by atoms with Crippen LogP contribution in [0, 0.1) is 0 Å². The van der Waals surface area contributed by atoms with E-state index in [4.69, 9.17) is 28.4 Å². The molecule has 23 nitrogen and oxygen atoms in total. The van der Waals surface area contributed by atoms with Gasteiger partial charge >= 0.3 is 5.97 Å². The Morgan fingerprint density at radius 3 is 1.26 bits per heavy atom. The molecule has 23 heteroatoms. The number of aliphatic hydroxyl groups excluding tert-OH is 11. The Labute approximate surface area is 670 Å². The van der Waals surface area contributed by atoms with Gasteiger partial charge in [-0.15, -0.1) is 0 Å². The summed E-state index contributed by atoms with van der Waals surface area (Å²) >= 11 is 0. The van der Waals surface area contributed by atoms with Crippen LogP contribution in [0.25, 0.3) is 0 Å². The number of allylic oxidation sites excluding steroid dienone is 4. The zero-order valence-electron chi connectivity index (χ0n) is 69.6. The van der Waals surface area contributed by atoms with Crippen LogP contribution < -0.4 is 10.6 Å². The summed E-state index contributed by atoms with van der Waals surface area (Å²) in [6.45, 7) is 2.27. The molecule has 3 fully saturated rings. The van der Waals surface area contributed by atoms with E-state index in [9.17, 15) is 75.7 Å². The van der Waals surface area contributed by atoms with Gasteiger partial charge in [0, 0.05) is 19.8 Å². The van der Waals surface area contributed by atoms with Crippen LogP contribution in [-0.2, 0) is 42.8 Å². The third-order valence-corrected chi connectivity index (χ3v) is 22.9. The van der Waals surface area contributed by atoms with E-state index >= 15 is 0 Å². The van der Waals surface area contributed by atoms with Gasteiger partial charge in [-0.2, -0.15) is 0 Å². The molecule has 652 valence electrons. The molecule has 3 saturated heterocycles. The van der Waals surface area contributed by atoms with Crippen LogP contribution in [-0.4, -0.2) is 215 Å². The fraction of sp³-hybridized carbons (Fsp3) is 0.920. The molecule has 0 aromatic heterocycles. The minimum atomic E-state index is -3.08. The summed E-state index contributed by atoms with van der Waals surface area (Å²) in [5.74, 6) is -6.09. The predicted octanol–water partition coefficient (Wildman–Crippen LogP) is 14.3. The Morgan fingerprint density at radius 1 is 0.468 bits per heavy atom. The predicted molar refractivity (Wildman–Crippen MR) is 435 cm³/mol. The summed E-state index contributed by atoms with van der Waals surface area (Å²) in [4.78, 5) is 38.8. The van der Waals surface area contributed by atoms with Crippen LogP contribution in [0.5, 0.6) is 0 Å². The average Bonchev–Trinajstić information content (AvgIpc) is 0.753. The van der Waals surface area contributed by atoms with E-state index in [1.165, 1.54) is 270 Å². The molecule has 111 heavy (non-hydrogen) atoms. The van der Waals surface area contributed by atoms with Gasteiger partial charge in [-0.3, -0.25) is 9.59 Å². The molecule has 3 rings (SSSR count). The lowest BCUT2D eigenvalue weighted by atomic mass is 9.88. The molecule has 0 radical (unpaired) electrons. The molecule has 3 heterocycles. The smallest absolute Gasteiger partial charge is 0.364 e. The summed E-state index contributed by atoms with van der Waals surface area (Å²) in [7, 11) is 0. The van der Waals surface area contributed by atoms with Crippen molar-refractivity contribution in [1.82, 2.24) is 10.6 Å². The number of aliphatic hydroxyl groups is 11. The Bertz CT molecular complexity index is 2290. The van der Waals surface area contributed by atoms with Crippen molar-refractivity contribution in [3.63, 3.8) is 0 Å². The monoisotopic (exact) mass is 1590 g/mol. The second kappa shape index (κ2) is 66.2. The summed E-state index contributed by atoms with van der Waals surface area (Å²) in [6, 6.07) is -2.53. The van der Waals surface area contributed by atoms with Crippen molar-refractivity contribution >= 4 is 17.8 Å². The number of unbranched alkanes of at least 4 members (excludes halogenated alkanes) is 49. The first-order chi connectivity index (χ1) is 53.9. The number of hydrogen-bond donors (Lipinski definition) is 14. The first-order valence-corrected chi connectivity index (χ1v) is 45.2. The van der Waals surface area contributed by atoms with Crippen LogP contribution in [0.4, 0.5) is 0 Å². The average molecular weight is 1590 g/mol. The molecule has 3 aliphatic rings. The molecule has 0 aromatic carbocycles. The van der Waals surface area contributed by atoms with E-state index in [0.29, 0.717) is 19.3 Å². The van der Waals surface area contributed by atoms with Crippen LogP contribution in [0.3, 0.4) is 0 Å². The Balaban J connectivity index is 1.40. The van der Waals surface area contributed by atoms with Crippen molar-refractivity contribution in [2.45, 2.75) is 490 Å². The van der Waals surface area contributed by atoms with E-state index in [0.717, 1.165) is 64.7 Å². The van der Waals surface area contributed by atoms with Gasteiger partial charge in [0.1, 0.15) is 67.1 Å². The maximum Gasteiger partial charge on any atom is 0.364 e. The van der Waals surface area contributed by atoms with E-state index in [2.05, 4.69) is 48.8 Å². The summed E-state index contributed by atoms with van der Waals surface area (Å²) in [5, 5.41) is 137. The van der Waals surface area contributed by atoms with E-state index in [-0.39, 0.29) is 18.9 Å². The summed E-state index contributed by atoms with van der Waals surface area (Å²) in [5.41, 5.74) is 0. The van der Waals surface area contributed by atoms with Crippen molar-refractivity contribution in [3.8, 4) is 0 Å². The molecule has 0 bridgehead atoms. The van der Waals surface area contributed by atoms with E-state index in [1.54, 1.807) is 0 Å². The van der Waals surface area contributed by atoms with Crippen molar-refractivity contribution in [2.24, 2.45) is 0 Å². The van der Waals surface area contributed by atoms with Crippen LogP contribution >= 0.6 is 0 Å². The largest absolute Gasteiger partial charge is 0.477 e. The fourth-order valence-electron chi connectivity index (χ4n) is 15.8. The quantitative estimate of drug-likeness (QED) is 0.0199. The van der Waals surface area contributed by atoms with Gasteiger partial charge in [-0.1, -0.05) is 340 Å². The first kappa shape index (κ1) is 102. The lowest BCUT2D eigenvalue weighted by molar-refractivity contribution is -0.386. The Kier molecular flexibility index (Phi) is 61.0. The topological polar surface area (TPSA) is 373 Å². The van der Waals surface area contributed by atoms with Gasteiger partial charge in [-0.25, -0.2) is 4.79 Å². The van der Waals surface area contributed by atoms with Gasteiger partial charge in [0.15, 0.2) is 12.6 Å². The van der Waals surface area contributed by atoms with Gasteiger partial charge in [0.25, 0.3) is 5.79 Å². The second-order valence-corrected chi connectivity index (χ2v) is 32.8. The maximum absolute atomic E-state index is 13.6. The molecule has 0 spiro atoms. The molecular formula is C88H164N2O21. The van der Waals surface area contributed by atoms with Crippen molar-refractivity contribution in [1.29, 1.82) is 0 Å². The van der Waals surface area contributed by atoms with E-state index in [1.807, 2.05) is 0 Å². The standard InChI is InChI=1S/C88H164N2O21/c1-4-6-8-10-12-14-16-18-20-22-24-25-26-27-28-29-30-31-32-33-34-35-36-37-38-39-40-41-42-43-44-46-48-50-52-54-56-58-60-62-75(98)90-69(70(95)61-59-57-55-53-51-49-47-45-23-21-19-17-15-13-11-9-7-5-2)67-106-85-80(102)79(101)82(74(66-93)108-85)109-86-81(103)84(78(100)73(65-92)107-86)111-88(87(104)105)63-71(96)76(89-68(3)94)83(110-88)77(99)72(97)64-91/h30-31,33-34,69-74,76-86,91-93,95-97,99-103H,4-29,32,35-67H2,1-3H3,(H,89,94)(H,90,98)(H,104,105)/b31-30-,34-33-. The zero-order valence-corrected chi connectivity index (χ0v) is 69.6. The SMILES string of the molecule is CCCCCCCCCCCCCCCCC/C=C\C/C=C\CCCCCCCCCCCCCCCCCCCC(=O)NC(COC1OC(CO)C(OC2OC(CO)C(O)C(OC3(C(=O)O)CC(O)C(NC(C)=O)C(C(O)C(O)CO)O3)C2O)C(O)C1O)C(O)CCCCCCCCCCCCCCCCCCCC. The van der Waals surface area contributed by atoms with Gasteiger partial charge < -0.3 is 100 Å². The Hall–Kier alpha value is -2.79. The van der Waals surface area contributed by atoms with Crippen LogP contribution in [0.2, 0.25) is 0 Å². The van der Waals surface area contributed by atoms with Gasteiger partial charge in [0.2, 0.25) is 11.8 Å². The van der Waals surface area contributed by atoms with Crippen molar-refractivity contribution in [3.05, 3.63) is 24.3 Å². The number of carboxylic acids is 1. The molecule has 0 saturated carbocycles. The number of carboxylic acid groups (broad SMARTS) is 1. The molecule has 0 aromatic rings. The highest BCUT2D eigenvalue weighted by Gasteiger charge is 2.60. The number of ether oxygens (including phenoxy) is 6. The number of rotatable bonds is 73. The third-order valence-electron chi connectivity index (χ3n) is 22.9. The normalized spacial score (nSPS) is 25.5. The lowest BCUT2D eigenvalue weighted by Gasteiger charge is -2.50. The van der Waals surface area contributed by atoms with E-state index < -0.39 is 148 Å². The minimum Gasteiger partial charge on any atom is -0.477 e. The summed E-state index contributed by atoms with van der Waals surface area (Å²) in [6.07, 6.45) is 47.7. The molecule has 14 N–H and O–H groups in total. The third kappa shape index (κ3) is 45.1. The number of carbonyl (C=O) groups is 3. The van der Waals surface area contributed by atoms with Crippen LogP contribution in [0.15, 0.2) is 24.3 Å². The molecular weight excluding hydrogens is 1420 g/mol. The number of carbonyl (C=O) groups excluding carboxylic acids is 2. The number of aliphatic carboxylic acids is 1.